The Morgan fingerprint density at radius 1 is 1.25 bits per heavy atom. The Hall–Kier alpha value is -1.61. The Morgan fingerprint density at radius 3 is 2.60 bits per heavy atom. The third-order valence-electron chi connectivity index (χ3n) is 3.64. The number of pyridine rings is 1. The van der Waals surface area contributed by atoms with Crippen LogP contribution >= 0.6 is 0 Å². The molecule has 1 aromatic carbocycles. The van der Waals surface area contributed by atoms with Crippen LogP contribution in [0, 0.1) is 0 Å². The minimum atomic E-state index is 0.487. The first kappa shape index (κ1) is 14.8. The SMILES string of the molecule is CNCCc1cc(N(C)C)c2cccc(C(C)C)c2n1. The molecule has 0 aliphatic heterocycles. The van der Waals surface area contributed by atoms with E-state index in [1.807, 2.05) is 7.05 Å². The fourth-order valence-corrected chi connectivity index (χ4v) is 2.52. The molecule has 2 aromatic rings. The summed E-state index contributed by atoms with van der Waals surface area (Å²) in [6.45, 7) is 5.41. The molecule has 0 aliphatic rings. The number of nitrogens with one attached hydrogen (secondary N) is 1. The van der Waals surface area contributed by atoms with E-state index in [0.29, 0.717) is 5.92 Å². The van der Waals surface area contributed by atoms with E-state index in [-0.39, 0.29) is 0 Å². The highest BCUT2D eigenvalue weighted by atomic mass is 15.1. The number of likely N-dealkylation sites (N-methyl/N-ethyl adjacent to an activating group) is 1. The molecule has 108 valence electrons. The van der Waals surface area contributed by atoms with Crippen LogP contribution in [0.3, 0.4) is 0 Å². The molecule has 3 nitrogen and oxygen atoms in total. The molecule has 0 saturated carbocycles. The van der Waals surface area contributed by atoms with Crippen LogP contribution in [-0.2, 0) is 6.42 Å². The van der Waals surface area contributed by atoms with Crippen LogP contribution in [0.1, 0.15) is 31.0 Å². The zero-order valence-corrected chi connectivity index (χ0v) is 13.2. The highest BCUT2D eigenvalue weighted by Crippen LogP contribution is 2.30. The van der Waals surface area contributed by atoms with Crippen molar-refractivity contribution in [2.45, 2.75) is 26.2 Å². The van der Waals surface area contributed by atoms with Gasteiger partial charge in [-0.25, -0.2) is 0 Å². The lowest BCUT2D eigenvalue weighted by atomic mass is 9.98. The van der Waals surface area contributed by atoms with E-state index in [4.69, 9.17) is 4.98 Å². The summed E-state index contributed by atoms with van der Waals surface area (Å²) in [5.74, 6) is 0.487. The van der Waals surface area contributed by atoms with Crippen molar-refractivity contribution in [3.8, 4) is 0 Å². The number of anilines is 1. The molecule has 0 spiro atoms. The zero-order valence-electron chi connectivity index (χ0n) is 13.2. The predicted octanol–water partition coefficient (Wildman–Crippen LogP) is 3.19. The van der Waals surface area contributed by atoms with Gasteiger partial charge in [0.2, 0.25) is 0 Å². The number of fused-ring (bicyclic) bond motifs is 1. The van der Waals surface area contributed by atoms with E-state index in [2.05, 4.69) is 62.4 Å². The molecule has 2 rings (SSSR count). The number of hydrogen-bond acceptors (Lipinski definition) is 3. The summed E-state index contributed by atoms with van der Waals surface area (Å²) in [4.78, 5) is 7.09. The summed E-state index contributed by atoms with van der Waals surface area (Å²) in [6, 6.07) is 8.72. The molecule has 20 heavy (non-hydrogen) atoms. The number of rotatable bonds is 5. The van der Waals surface area contributed by atoms with Crippen molar-refractivity contribution in [2.75, 3.05) is 32.6 Å². The molecular formula is C17H25N3. The molecular weight excluding hydrogens is 246 g/mol. The lowest BCUT2D eigenvalue weighted by Crippen LogP contribution is -2.14. The maximum atomic E-state index is 4.91. The average Bonchev–Trinajstić information content (AvgIpc) is 2.43. The molecule has 0 amide bonds. The van der Waals surface area contributed by atoms with E-state index in [1.165, 1.54) is 16.6 Å². The average molecular weight is 271 g/mol. The summed E-state index contributed by atoms with van der Waals surface area (Å²) >= 11 is 0. The van der Waals surface area contributed by atoms with Gasteiger partial charge in [-0.3, -0.25) is 4.98 Å². The molecule has 1 N–H and O–H groups in total. The molecule has 0 atom stereocenters. The molecule has 0 aliphatic carbocycles. The van der Waals surface area contributed by atoms with Crippen molar-refractivity contribution in [1.82, 2.24) is 10.3 Å². The maximum Gasteiger partial charge on any atom is 0.0760 e. The van der Waals surface area contributed by atoms with Crippen LogP contribution < -0.4 is 10.2 Å². The van der Waals surface area contributed by atoms with Gasteiger partial charge in [0, 0.05) is 43.8 Å². The first-order valence-electron chi connectivity index (χ1n) is 7.29. The van der Waals surface area contributed by atoms with E-state index < -0.39 is 0 Å². The summed E-state index contributed by atoms with van der Waals surface area (Å²) in [6.07, 6.45) is 0.958. The quantitative estimate of drug-likeness (QED) is 0.905. The van der Waals surface area contributed by atoms with Gasteiger partial charge < -0.3 is 10.2 Å². The van der Waals surface area contributed by atoms with Crippen LogP contribution in [-0.4, -0.2) is 32.7 Å². The van der Waals surface area contributed by atoms with Crippen LogP contribution in [0.25, 0.3) is 10.9 Å². The molecule has 1 heterocycles. The van der Waals surface area contributed by atoms with E-state index in [1.54, 1.807) is 0 Å². The van der Waals surface area contributed by atoms with Gasteiger partial charge in [0.1, 0.15) is 0 Å². The van der Waals surface area contributed by atoms with Gasteiger partial charge in [-0.2, -0.15) is 0 Å². The predicted molar refractivity (Wildman–Crippen MR) is 87.8 cm³/mol. The number of hydrogen-bond donors (Lipinski definition) is 1. The topological polar surface area (TPSA) is 28.2 Å². The fraction of sp³-hybridized carbons (Fsp3) is 0.471. The Kier molecular flexibility index (Phi) is 4.61. The molecule has 0 radical (unpaired) electrons. The summed E-state index contributed by atoms with van der Waals surface area (Å²) in [5, 5.41) is 4.44. The highest BCUT2D eigenvalue weighted by molar-refractivity contribution is 5.94. The van der Waals surface area contributed by atoms with Gasteiger partial charge in [-0.15, -0.1) is 0 Å². The van der Waals surface area contributed by atoms with Crippen LogP contribution in [0.2, 0.25) is 0 Å². The number of para-hydroxylation sites is 1. The van der Waals surface area contributed by atoms with E-state index >= 15 is 0 Å². The Bertz CT molecular complexity index is 588. The molecule has 0 fully saturated rings. The largest absolute Gasteiger partial charge is 0.377 e. The first-order chi connectivity index (χ1) is 9.54. The van der Waals surface area contributed by atoms with Crippen molar-refractivity contribution in [2.24, 2.45) is 0 Å². The second kappa shape index (κ2) is 6.23. The van der Waals surface area contributed by atoms with E-state index in [0.717, 1.165) is 24.2 Å². The Labute approximate surface area is 122 Å². The van der Waals surface area contributed by atoms with Gasteiger partial charge in [0.25, 0.3) is 0 Å². The third-order valence-corrected chi connectivity index (χ3v) is 3.64. The monoisotopic (exact) mass is 271 g/mol. The normalized spacial score (nSPS) is 11.3. The van der Waals surface area contributed by atoms with Gasteiger partial charge in [-0.1, -0.05) is 32.0 Å². The third kappa shape index (κ3) is 2.93. The number of nitrogens with zero attached hydrogens (tertiary/aromatic N) is 2. The van der Waals surface area contributed by atoms with Crippen LogP contribution in [0.5, 0.6) is 0 Å². The Balaban J connectivity index is 2.65. The lowest BCUT2D eigenvalue weighted by molar-refractivity contribution is 0.777. The fourth-order valence-electron chi connectivity index (χ4n) is 2.52. The molecule has 0 saturated heterocycles. The molecule has 3 heteroatoms. The highest BCUT2D eigenvalue weighted by Gasteiger charge is 2.12. The van der Waals surface area contributed by atoms with Gasteiger partial charge in [0.05, 0.1) is 5.52 Å². The lowest BCUT2D eigenvalue weighted by Gasteiger charge is -2.19. The molecule has 0 bridgehead atoms. The second-order valence-corrected chi connectivity index (χ2v) is 5.78. The summed E-state index contributed by atoms with van der Waals surface area (Å²) in [7, 11) is 6.17. The standard InChI is InChI=1S/C17H25N3/c1-12(2)14-7-6-8-15-16(20(4)5)11-13(9-10-18-3)19-17(14)15/h6-8,11-12,18H,9-10H2,1-5H3. The van der Waals surface area contributed by atoms with Gasteiger partial charge in [-0.05, 0) is 24.6 Å². The molecule has 1 aromatic heterocycles. The van der Waals surface area contributed by atoms with Crippen LogP contribution in [0.4, 0.5) is 5.69 Å². The number of benzene rings is 1. The summed E-state index contributed by atoms with van der Waals surface area (Å²) in [5.41, 5.74) is 4.89. The van der Waals surface area contributed by atoms with Crippen molar-refractivity contribution in [1.29, 1.82) is 0 Å². The molecule has 0 unspecified atom stereocenters. The van der Waals surface area contributed by atoms with Crippen LogP contribution in [0.15, 0.2) is 24.3 Å². The van der Waals surface area contributed by atoms with Gasteiger partial charge >= 0.3 is 0 Å². The smallest absolute Gasteiger partial charge is 0.0760 e. The van der Waals surface area contributed by atoms with E-state index in [9.17, 15) is 0 Å². The summed E-state index contributed by atoms with van der Waals surface area (Å²) < 4.78 is 0. The van der Waals surface area contributed by atoms with Crippen molar-refractivity contribution >= 4 is 16.6 Å². The maximum absolute atomic E-state index is 4.91. The van der Waals surface area contributed by atoms with Crippen molar-refractivity contribution in [3.05, 3.63) is 35.5 Å². The van der Waals surface area contributed by atoms with Crippen molar-refractivity contribution in [3.63, 3.8) is 0 Å². The minimum Gasteiger partial charge on any atom is -0.377 e. The van der Waals surface area contributed by atoms with Gasteiger partial charge in [0.15, 0.2) is 0 Å². The van der Waals surface area contributed by atoms with Crippen molar-refractivity contribution < 1.29 is 0 Å². The second-order valence-electron chi connectivity index (χ2n) is 5.78. The zero-order chi connectivity index (χ0) is 14.7. The Morgan fingerprint density at radius 2 is 2.00 bits per heavy atom. The minimum absolute atomic E-state index is 0.487. The first-order valence-corrected chi connectivity index (χ1v) is 7.29. The number of aromatic nitrogens is 1.